The molecule has 2 rings (SSSR count). The summed E-state index contributed by atoms with van der Waals surface area (Å²) < 4.78 is 0. The molecule has 5 N–H and O–H groups in total. The fourth-order valence-corrected chi connectivity index (χ4v) is 2.14. The Balaban J connectivity index is 2.37. The second-order valence-corrected chi connectivity index (χ2v) is 5.02. The van der Waals surface area contributed by atoms with Crippen molar-refractivity contribution in [3.8, 4) is 5.75 Å². The molecule has 108 valence electrons. The van der Waals surface area contributed by atoms with Crippen LogP contribution < -0.4 is 11.2 Å². The molecule has 5 nitrogen and oxygen atoms in total. The Hall–Kier alpha value is -1.73. The number of halogens is 2. The van der Waals surface area contributed by atoms with E-state index < -0.39 is 7.12 Å². The number of nitrogens with zero attached hydrogens (tertiary/aromatic N) is 1. The molecule has 0 bridgehead atoms. The number of hydrogen-bond donors (Lipinski definition) is 4. The van der Waals surface area contributed by atoms with E-state index in [9.17, 15) is 5.11 Å². The molecule has 0 unspecified atom stereocenters. The Kier molecular flexibility index (Phi) is 4.75. The van der Waals surface area contributed by atoms with E-state index in [1.165, 1.54) is 24.3 Å². The van der Waals surface area contributed by atoms with E-state index in [1.807, 2.05) is 0 Å². The maximum absolute atomic E-state index is 9.52. The summed E-state index contributed by atoms with van der Waals surface area (Å²) in [5, 5.41) is 27.8. The van der Waals surface area contributed by atoms with Crippen molar-refractivity contribution in [2.24, 2.45) is 4.99 Å². The number of rotatable bonds is 3. The monoisotopic (exact) mass is 324 g/mol. The highest BCUT2D eigenvalue weighted by atomic mass is 35.5. The van der Waals surface area contributed by atoms with E-state index in [0.717, 1.165) is 0 Å². The van der Waals surface area contributed by atoms with Crippen LogP contribution in [0.5, 0.6) is 5.75 Å². The zero-order chi connectivity index (χ0) is 15.6. The van der Waals surface area contributed by atoms with Crippen molar-refractivity contribution in [3.05, 3.63) is 47.0 Å². The number of anilines is 1. The highest BCUT2D eigenvalue weighted by Gasteiger charge is 2.12. The predicted octanol–water partition coefficient (Wildman–Crippen LogP) is 1.62. The lowest BCUT2D eigenvalue weighted by Crippen LogP contribution is -2.29. The fourth-order valence-electron chi connectivity index (χ4n) is 1.67. The van der Waals surface area contributed by atoms with Crippen LogP contribution in [0.2, 0.25) is 5.02 Å². The quantitative estimate of drug-likeness (QED) is 0.298. The normalized spacial score (nSPS) is 11.5. The van der Waals surface area contributed by atoms with E-state index >= 15 is 0 Å². The molecular weight excluding hydrogens is 314 g/mol. The largest absolute Gasteiger partial charge is 0.508 e. The first-order valence-corrected chi connectivity index (χ1v) is 6.62. The molecule has 0 heterocycles. The summed E-state index contributed by atoms with van der Waals surface area (Å²) >= 11 is 12.0. The Bertz CT molecular complexity index is 691. The first kappa shape index (κ1) is 15.7. The lowest BCUT2D eigenvalue weighted by atomic mass is 9.80. The van der Waals surface area contributed by atoms with Crippen molar-refractivity contribution in [1.29, 1.82) is 0 Å². The summed E-state index contributed by atoms with van der Waals surface area (Å²) in [6.45, 7) is 0. The summed E-state index contributed by atoms with van der Waals surface area (Å²) in [5.74, 6) is -0.0729. The molecule has 0 atom stereocenters. The number of nitrogen functional groups attached to an aromatic ring is 1. The number of phenolic OH excluding ortho intramolecular Hbond substituents is 1. The van der Waals surface area contributed by atoms with E-state index in [2.05, 4.69) is 4.99 Å². The van der Waals surface area contributed by atoms with Gasteiger partial charge in [0.15, 0.2) is 0 Å². The first-order valence-electron chi connectivity index (χ1n) is 5.87. The number of phenols is 1. The molecule has 0 saturated heterocycles. The van der Waals surface area contributed by atoms with Crippen molar-refractivity contribution in [2.45, 2.75) is 0 Å². The van der Waals surface area contributed by atoms with E-state index in [4.69, 9.17) is 39.0 Å². The number of benzene rings is 2. The third-order valence-electron chi connectivity index (χ3n) is 2.76. The van der Waals surface area contributed by atoms with Crippen LogP contribution in [-0.2, 0) is 0 Å². The summed E-state index contributed by atoms with van der Waals surface area (Å²) in [6.07, 6.45) is 0. The van der Waals surface area contributed by atoms with Crippen molar-refractivity contribution in [1.82, 2.24) is 0 Å². The van der Waals surface area contributed by atoms with Crippen LogP contribution in [0.4, 0.5) is 11.4 Å². The second kappa shape index (κ2) is 6.36. The van der Waals surface area contributed by atoms with Gasteiger partial charge >= 0.3 is 7.12 Å². The minimum atomic E-state index is -1.54. The Labute approximate surface area is 131 Å². The molecule has 0 aliphatic carbocycles. The molecule has 0 aliphatic rings. The Morgan fingerprint density at radius 1 is 1.14 bits per heavy atom. The SMILES string of the molecule is Nc1c(Cl)cc(O)cc1C(Cl)=Nc1ccc(B(O)O)cc1. The van der Waals surface area contributed by atoms with Gasteiger partial charge in [0, 0.05) is 11.6 Å². The zero-order valence-corrected chi connectivity index (χ0v) is 12.2. The molecule has 0 amide bonds. The minimum Gasteiger partial charge on any atom is -0.508 e. The lowest BCUT2D eigenvalue weighted by Gasteiger charge is -2.07. The van der Waals surface area contributed by atoms with Crippen molar-refractivity contribution < 1.29 is 15.2 Å². The van der Waals surface area contributed by atoms with Gasteiger partial charge in [0.1, 0.15) is 10.9 Å². The topological polar surface area (TPSA) is 99.1 Å². The molecule has 2 aromatic carbocycles. The summed E-state index contributed by atoms with van der Waals surface area (Å²) in [7, 11) is -1.54. The molecule has 2 aromatic rings. The van der Waals surface area contributed by atoms with Crippen LogP contribution in [0.25, 0.3) is 0 Å². The summed E-state index contributed by atoms with van der Waals surface area (Å²) in [6, 6.07) is 8.81. The van der Waals surface area contributed by atoms with Crippen LogP contribution in [0.15, 0.2) is 41.4 Å². The van der Waals surface area contributed by atoms with Gasteiger partial charge in [-0.25, -0.2) is 4.99 Å². The zero-order valence-electron chi connectivity index (χ0n) is 10.7. The average molecular weight is 325 g/mol. The number of hydrogen-bond acceptors (Lipinski definition) is 5. The standard InChI is InChI=1S/C13H11BCl2N2O3/c15-11-6-9(19)5-10(12(11)17)13(16)18-8-3-1-7(2-4-8)14(20)21/h1-6,19-21H,17H2. The predicted molar refractivity (Wildman–Crippen MR) is 85.8 cm³/mol. The van der Waals surface area contributed by atoms with E-state index in [1.54, 1.807) is 12.1 Å². The van der Waals surface area contributed by atoms with Crippen LogP contribution in [-0.4, -0.2) is 27.4 Å². The van der Waals surface area contributed by atoms with Gasteiger partial charge in [-0.15, -0.1) is 0 Å². The first-order chi connectivity index (χ1) is 9.88. The van der Waals surface area contributed by atoms with Crippen LogP contribution >= 0.6 is 23.2 Å². The molecule has 21 heavy (non-hydrogen) atoms. The van der Waals surface area contributed by atoms with Crippen molar-refractivity contribution in [2.75, 3.05) is 5.73 Å². The number of aliphatic imine (C=N–C) groups is 1. The summed E-state index contributed by atoms with van der Waals surface area (Å²) in [4.78, 5) is 4.14. The van der Waals surface area contributed by atoms with Crippen LogP contribution in [0, 0.1) is 0 Å². The third kappa shape index (κ3) is 3.68. The molecule has 0 radical (unpaired) electrons. The van der Waals surface area contributed by atoms with E-state index in [-0.39, 0.29) is 21.6 Å². The lowest BCUT2D eigenvalue weighted by molar-refractivity contribution is 0.426. The molecule has 0 saturated carbocycles. The fraction of sp³-hybridized carbons (Fsp3) is 0. The highest BCUT2D eigenvalue weighted by Crippen LogP contribution is 2.30. The van der Waals surface area contributed by atoms with Gasteiger partial charge in [0.2, 0.25) is 0 Å². The second-order valence-electron chi connectivity index (χ2n) is 4.26. The maximum Gasteiger partial charge on any atom is 0.488 e. The van der Waals surface area contributed by atoms with Gasteiger partial charge in [-0.05, 0) is 23.7 Å². The van der Waals surface area contributed by atoms with Crippen LogP contribution in [0.1, 0.15) is 5.56 Å². The third-order valence-corrected chi connectivity index (χ3v) is 3.36. The molecular formula is C13H11BCl2N2O3. The van der Waals surface area contributed by atoms with Gasteiger partial charge < -0.3 is 20.9 Å². The van der Waals surface area contributed by atoms with Crippen LogP contribution in [0.3, 0.4) is 0 Å². The van der Waals surface area contributed by atoms with Gasteiger partial charge in [-0.2, -0.15) is 0 Å². The molecule has 0 aliphatic heterocycles. The van der Waals surface area contributed by atoms with Gasteiger partial charge in [0.25, 0.3) is 0 Å². The average Bonchev–Trinajstić information content (AvgIpc) is 2.43. The van der Waals surface area contributed by atoms with E-state index in [0.29, 0.717) is 16.7 Å². The molecule has 0 aromatic heterocycles. The highest BCUT2D eigenvalue weighted by molar-refractivity contribution is 6.70. The van der Waals surface area contributed by atoms with Gasteiger partial charge in [-0.1, -0.05) is 35.3 Å². The minimum absolute atomic E-state index is 0.0580. The molecule has 0 fully saturated rings. The van der Waals surface area contributed by atoms with Crippen molar-refractivity contribution in [3.63, 3.8) is 0 Å². The molecule has 0 spiro atoms. The number of aromatic hydroxyl groups is 1. The van der Waals surface area contributed by atoms with Gasteiger partial charge in [0.05, 0.1) is 16.4 Å². The smallest absolute Gasteiger partial charge is 0.488 e. The summed E-state index contributed by atoms with van der Waals surface area (Å²) in [5.41, 5.74) is 7.15. The number of nitrogens with two attached hydrogens (primary N) is 1. The van der Waals surface area contributed by atoms with Gasteiger partial charge in [-0.3, -0.25) is 0 Å². The Morgan fingerprint density at radius 3 is 2.33 bits per heavy atom. The molecule has 8 heteroatoms. The Morgan fingerprint density at radius 2 is 1.76 bits per heavy atom. The maximum atomic E-state index is 9.52. The van der Waals surface area contributed by atoms with Crippen molar-refractivity contribution >= 4 is 52.3 Å².